The fraction of sp³-hybridized carbons (Fsp3) is 0.200. The molecule has 3 rings (SSSR count). The van der Waals surface area contributed by atoms with E-state index in [1.807, 2.05) is 0 Å². The smallest absolute Gasteiger partial charge is 0.382 e. The molecule has 0 aliphatic heterocycles. The van der Waals surface area contributed by atoms with E-state index in [4.69, 9.17) is 16.7 Å². The van der Waals surface area contributed by atoms with Crippen LogP contribution in [0.4, 0.5) is 13.2 Å². The third kappa shape index (κ3) is 3.47. The number of hydrogen-bond acceptors (Lipinski definition) is 5. The number of pyridine rings is 2. The van der Waals surface area contributed by atoms with Crippen molar-refractivity contribution in [2.24, 2.45) is 0 Å². The number of halogens is 4. The van der Waals surface area contributed by atoms with Crippen molar-refractivity contribution >= 4 is 22.5 Å². The second kappa shape index (κ2) is 6.41. The van der Waals surface area contributed by atoms with Crippen molar-refractivity contribution in [3.8, 4) is 11.3 Å². The summed E-state index contributed by atoms with van der Waals surface area (Å²) in [4.78, 5) is 24.6. The Morgan fingerprint density at radius 3 is 2.76 bits per heavy atom. The number of hydrogen-bond donors (Lipinski definition) is 1. The number of aliphatic hydroxyl groups excluding tert-OH is 1. The van der Waals surface area contributed by atoms with Crippen molar-refractivity contribution < 1.29 is 18.3 Å². The van der Waals surface area contributed by atoms with Crippen LogP contribution >= 0.6 is 11.6 Å². The summed E-state index contributed by atoms with van der Waals surface area (Å²) in [5.74, 6) is 0. The summed E-state index contributed by atoms with van der Waals surface area (Å²) in [5, 5.41) is 9.15. The minimum Gasteiger partial charge on any atom is -0.382 e. The Balaban J connectivity index is 2.16. The Morgan fingerprint density at radius 2 is 2.12 bits per heavy atom. The summed E-state index contributed by atoms with van der Waals surface area (Å²) >= 11 is 5.94. The van der Waals surface area contributed by atoms with Crippen LogP contribution in [0.15, 0.2) is 41.7 Å². The largest absolute Gasteiger partial charge is 0.416 e. The van der Waals surface area contributed by atoms with E-state index in [9.17, 15) is 18.0 Å². The zero-order valence-electron chi connectivity index (χ0n) is 12.4. The van der Waals surface area contributed by atoms with Gasteiger partial charge in [-0.15, -0.1) is 0 Å². The zero-order valence-corrected chi connectivity index (χ0v) is 13.2. The molecule has 0 aliphatic carbocycles. The van der Waals surface area contributed by atoms with Crippen LogP contribution in [0.5, 0.6) is 0 Å². The molecule has 1 atom stereocenters. The molecule has 0 aromatic carbocycles. The van der Waals surface area contributed by atoms with E-state index in [0.717, 1.165) is 6.33 Å². The minimum absolute atomic E-state index is 0.00396. The Bertz CT molecular complexity index is 976. The Hall–Kier alpha value is -2.52. The van der Waals surface area contributed by atoms with E-state index in [1.54, 1.807) is 18.3 Å². The van der Waals surface area contributed by atoms with E-state index in [0.29, 0.717) is 10.1 Å². The van der Waals surface area contributed by atoms with Crippen molar-refractivity contribution in [1.82, 2.24) is 19.5 Å². The molecule has 10 heteroatoms. The third-order valence-electron chi connectivity index (χ3n) is 3.46. The lowest BCUT2D eigenvalue weighted by molar-refractivity contribution is -0.207. The second-order valence-electron chi connectivity index (χ2n) is 5.19. The maximum absolute atomic E-state index is 12.5. The van der Waals surface area contributed by atoms with Crippen molar-refractivity contribution in [2.75, 3.05) is 0 Å². The molecule has 1 unspecified atom stereocenters. The highest BCUT2D eigenvalue weighted by molar-refractivity contribution is 6.30. The van der Waals surface area contributed by atoms with Crippen LogP contribution in [0.25, 0.3) is 22.2 Å². The van der Waals surface area contributed by atoms with Gasteiger partial charge in [0.15, 0.2) is 6.10 Å². The molecule has 0 amide bonds. The van der Waals surface area contributed by atoms with Crippen LogP contribution in [0.1, 0.15) is 0 Å². The molecule has 25 heavy (non-hydrogen) atoms. The molecule has 130 valence electrons. The molecular formula is C15H10ClF3N4O2. The first-order valence-electron chi connectivity index (χ1n) is 6.98. The fourth-order valence-corrected chi connectivity index (χ4v) is 2.45. The summed E-state index contributed by atoms with van der Waals surface area (Å²) < 4.78 is 38.2. The fourth-order valence-electron chi connectivity index (χ4n) is 2.26. The van der Waals surface area contributed by atoms with E-state index in [2.05, 4.69) is 15.0 Å². The van der Waals surface area contributed by atoms with Crippen molar-refractivity contribution in [2.45, 2.75) is 18.8 Å². The molecule has 3 aromatic rings. The van der Waals surface area contributed by atoms with Gasteiger partial charge in [0.2, 0.25) is 0 Å². The van der Waals surface area contributed by atoms with Crippen molar-refractivity contribution in [3.63, 3.8) is 0 Å². The highest BCUT2D eigenvalue weighted by Crippen LogP contribution is 2.26. The molecular weight excluding hydrogens is 361 g/mol. The summed E-state index contributed by atoms with van der Waals surface area (Å²) in [6.45, 7) is -0.965. The molecule has 6 nitrogen and oxygen atoms in total. The van der Waals surface area contributed by atoms with Gasteiger partial charge >= 0.3 is 6.18 Å². The van der Waals surface area contributed by atoms with Crippen LogP contribution in [-0.4, -0.2) is 36.9 Å². The molecule has 3 heterocycles. The monoisotopic (exact) mass is 370 g/mol. The van der Waals surface area contributed by atoms with Gasteiger partial charge in [0.1, 0.15) is 16.4 Å². The highest BCUT2D eigenvalue weighted by Gasteiger charge is 2.38. The second-order valence-corrected chi connectivity index (χ2v) is 5.58. The van der Waals surface area contributed by atoms with Crippen LogP contribution in [0.3, 0.4) is 0 Å². The van der Waals surface area contributed by atoms with E-state index in [-0.39, 0.29) is 21.7 Å². The Labute approximate surface area is 143 Å². The van der Waals surface area contributed by atoms with Gasteiger partial charge in [-0.3, -0.25) is 14.3 Å². The van der Waals surface area contributed by atoms with E-state index < -0.39 is 24.4 Å². The molecule has 0 saturated heterocycles. The minimum atomic E-state index is -4.84. The zero-order chi connectivity index (χ0) is 18.2. The van der Waals surface area contributed by atoms with Crippen molar-refractivity contribution in [1.29, 1.82) is 0 Å². The quantitative estimate of drug-likeness (QED) is 0.716. The molecule has 0 spiro atoms. The summed E-state index contributed by atoms with van der Waals surface area (Å²) in [7, 11) is 0. The molecule has 1 N–H and O–H groups in total. The van der Waals surface area contributed by atoms with E-state index >= 15 is 0 Å². The normalized spacial score (nSPS) is 13.2. The van der Waals surface area contributed by atoms with Gasteiger partial charge in [0, 0.05) is 18.0 Å². The number of aromatic nitrogens is 4. The SMILES string of the molecule is O=c1c2cc(Cl)nc(-c3cccnc3)c2ncn1CC(O)C(F)(F)F. The molecule has 0 bridgehead atoms. The van der Waals surface area contributed by atoms with Crippen molar-refractivity contribution in [3.05, 3.63) is 52.4 Å². The lowest BCUT2D eigenvalue weighted by Gasteiger charge is -2.16. The number of rotatable bonds is 3. The number of nitrogens with zero attached hydrogens (tertiary/aromatic N) is 4. The van der Waals surface area contributed by atoms with Gasteiger partial charge in [-0.25, -0.2) is 9.97 Å². The van der Waals surface area contributed by atoms with Gasteiger partial charge < -0.3 is 5.11 Å². The van der Waals surface area contributed by atoms with Gasteiger partial charge in [-0.2, -0.15) is 13.2 Å². The third-order valence-corrected chi connectivity index (χ3v) is 3.66. The number of alkyl halides is 3. The molecule has 0 aliphatic rings. The highest BCUT2D eigenvalue weighted by atomic mass is 35.5. The Morgan fingerprint density at radius 1 is 1.36 bits per heavy atom. The predicted octanol–water partition coefficient (Wildman–Crippen LogP) is 2.43. The maximum Gasteiger partial charge on any atom is 0.416 e. The maximum atomic E-state index is 12.5. The standard InChI is InChI=1S/C15H10ClF3N4O2/c16-11-4-9-13(12(22-11)8-2-1-3-20-5-8)21-7-23(14(9)25)6-10(24)15(17,18)19/h1-5,7,10,24H,6H2. The van der Waals surface area contributed by atoms with Gasteiger partial charge in [0.05, 0.1) is 18.3 Å². The van der Waals surface area contributed by atoms with Gasteiger partial charge in [-0.05, 0) is 18.2 Å². The van der Waals surface area contributed by atoms with Gasteiger partial charge in [0.25, 0.3) is 5.56 Å². The predicted molar refractivity (Wildman–Crippen MR) is 84.1 cm³/mol. The molecule has 0 saturated carbocycles. The van der Waals surface area contributed by atoms with Crippen LogP contribution < -0.4 is 5.56 Å². The van der Waals surface area contributed by atoms with E-state index in [1.165, 1.54) is 12.3 Å². The Kier molecular flexibility index (Phi) is 4.44. The lowest BCUT2D eigenvalue weighted by Crippen LogP contribution is -2.36. The number of aliphatic hydroxyl groups is 1. The van der Waals surface area contributed by atoms with Gasteiger partial charge in [-0.1, -0.05) is 11.6 Å². The summed E-state index contributed by atoms with van der Waals surface area (Å²) in [6.07, 6.45) is -3.53. The molecule has 3 aromatic heterocycles. The first kappa shape index (κ1) is 17.3. The number of fused-ring (bicyclic) bond motifs is 1. The topological polar surface area (TPSA) is 80.9 Å². The van der Waals surface area contributed by atoms with Crippen LogP contribution in [0.2, 0.25) is 5.15 Å². The molecule has 0 radical (unpaired) electrons. The lowest BCUT2D eigenvalue weighted by atomic mass is 10.1. The van der Waals surface area contributed by atoms with Crippen LogP contribution in [-0.2, 0) is 6.54 Å². The van der Waals surface area contributed by atoms with Crippen LogP contribution in [0, 0.1) is 0 Å². The average Bonchev–Trinajstić information content (AvgIpc) is 2.57. The first-order valence-corrected chi connectivity index (χ1v) is 7.36. The summed E-state index contributed by atoms with van der Waals surface area (Å²) in [6, 6.07) is 4.57. The average molecular weight is 371 g/mol. The molecule has 0 fully saturated rings. The first-order chi connectivity index (χ1) is 11.8. The summed E-state index contributed by atoms with van der Waals surface area (Å²) in [5.41, 5.74) is 0.258.